The zero-order valence-corrected chi connectivity index (χ0v) is 13.7. The molecule has 1 aromatic rings. The molecule has 0 aliphatic heterocycles. The second kappa shape index (κ2) is 7.76. The monoisotopic (exact) mass is 307 g/mol. The Balaban J connectivity index is 1.72. The van der Waals surface area contributed by atoms with Gasteiger partial charge >= 0.3 is 0 Å². The molecule has 1 fully saturated rings. The minimum absolute atomic E-state index is 0.385. The molecule has 3 nitrogen and oxygen atoms in total. The second-order valence-corrected chi connectivity index (χ2v) is 6.59. The van der Waals surface area contributed by atoms with Crippen LogP contribution in [0.15, 0.2) is 24.3 Å². The van der Waals surface area contributed by atoms with E-state index in [1.807, 2.05) is 24.3 Å². The molecule has 116 valence electrons. The minimum atomic E-state index is 0.385. The predicted octanol–water partition coefficient (Wildman–Crippen LogP) is 3.54. The van der Waals surface area contributed by atoms with Gasteiger partial charge in [0, 0.05) is 5.56 Å². The third kappa shape index (κ3) is 5.29. The van der Waals surface area contributed by atoms with Crippen molar-refractivity contribution in [1.82, 2.24) is 0 Å². The maximum atomic E-state index is 5.95. The molecule has 0 saturated heterocycles. The van der Waals surface area contributed by atoms with E-state index in [-0.39, 0.29) is 0 Å². The standard InChI is InChI=1S/C17H25NO2S/c1-12-8-13(2)10-16(9-12)20-7-6-19-15-5-3-4-14(11-15)17(18)21/h3-5,11-13,16H,6-10H2,1-2H3,(H2,18,21). The summed E-state index contributed by atoms with van der Waals surface area (Å²) in [6.07, 6.45) is 4.04. The van der Waals surface area contributed by atoms with Crippen molar-refractivity contribution in [2.75, 3.05) is 13.2 Å². The molecule has 2 unspecified atom stereocenters. The summed E-state index contributed by atoms with van der Waals surface area (Å²) >= 11 is 4.96. The Morgan fingerprint density at radius 2 is 1.90 bits per heavy atom. The zero-order valence-electron chi connectivity index (χ0n) is 12.9. The fourth-order valence-corrected chi connectivity index (χ4v) is 3.25. The molecular formula is C17H25NO2S. The van der Waals surface area contributed by atoms with Crippen molar-refractivity contribution in [3.05, 3.63) is 29.8 Å². The molecule has 21 heavy (non-hydrogen) atoms. The van der Waals surface area contributed by atoms with E-state index >= 15 is 0 Å². The van der Waals surface area contributed by atoms with Crippen molar-refractivity contribution in [2.24, 2.45) is 17.6 Å². The molecule has 0 bridgehead atoms. The summed E-state index contributed by atoms with van der Waals surface area (Å²) in [5.41, 5.74) is 6.44. The van der Waals surface area contributed by atoms with Gasteiger partial charge in [0.2, 0.25) is 0 Å². The van der Waals surface area contributed by atoms with Gasteiger partial charge < -0.3 is 15.2 Å². The quantitative estimate of drug-likeness (QED) is 0.645. The molecule has 0 spiro atoms. The summed E-state index contributed by atoms with van der Waals surface area (Å²) in [5.74, 6) is 2.32. The molecule has 2 rings (SSSR count). The lowest BCUT2D eigenvalue weighted by Gasteiger charge is -2.31. The first-order valence-corrected chi connectivity index (χ1v) is 8.09. The first-order chi connectivity index (χ1) is 10.0. The van der Waals surface area contributed by atoms with Crippen LogP contribution in [-0.4, -0.2) is 24.3 Å². The minimum Gasteiger partial charge on any atom is -0.491 e. The highest BCUT2D eigenvalue weighted by Crippen LogP contribution is 2.30. The van der Waals surface area contributed by atoms with Gasteiger partial charge in [0.25, 0.3) is 0 Å². The highest BCUT2D eigenvalue weighted by Gasteiger charge is 2.24. The van der Waals surface area contributed by atoms with E-state index in [4.69, 9.17) is 27.4 Å². The molecule has 2 atom stereocenters. The number of hydrogen-bond acceptors (Lipinski definition) is 3. The van der Waals surface area contributed by atoms with Crippen LogP contribution in [-0.2, 0) is 4.74 Å². The summed E-state index contributed by atoms with van der Waals surface area (Å²) in [4.78, 5) is 0.391. The Morgan fingerprint density at radius 1 is 1.19 bits per heavy atom. The number of thiocarbonyl (C=S) groups is 1. The summed E-state index contributed by atoms with van der Waals surface area (Å²) < 4.78 is 11.6. The van der Waals surface area contributed by atoms with Crippen molar-refractivity contribution < 1.29 is 9.47 Å². The zero-order chi connectivity index (χ0) is 15.2. The predicted molar refractivity (Wildman–Crippen MR) is 89.7 cm³/mol. The smallest absolute Gasteiger partial charge is 0.120 e. The van der Waals surface area contributed by atoms with Gasteiger partial charge in [-0.15, -0.1) is 0 Å². The van der Waals surface area contributed by atoms with E-state index < -0.39 is 0 Å². The third-order valence-corrected chi connectivity index (χ3v) is 4.20. The van der Waals surface area contributed by atoms with Crippen molar-refractivity contribution in [1.29, 1.82) is 0 Å². The molecule has 0 radical (unpaired) electrons. The lowest BCUT2D eigenvalue weighted by molar-refractivity contribution is -0.0107. The molecule has 1 saturated carbocycles. The largest absolute Gasteiger partial charge is 0.491 e. The van der Waals surface area contributed by atoms with E-state index in [1.165, 1.54) is 19.3 Å². The Hall–Kier alpha value is -1.13. The summed E-state index contributed by atoms with van der Waals surface area (Å²) in [6, 6.07) is 7.56. The SMILES string of the molecule is CC1CC(C)CC(OCCOc2cccc(C(N)=S)c2)C1. The van der Waals surface area contributed by atoms with Gasteiger partial charge in [0.15, 0.2) is 0 Å². The normalized spacial score (nSPS) is 25.5. The van der Waals surface area contributed by atoms with Gasteiger partial charge in [-0.3, -0.25) is 0 Å². The van der Waals surface area contributed by atoms with Gasteiger partial charge in [-0.1, -0.05) is 38.2 Å². The molecule has 0 heterocycles. The van der Waals surface area contributed by atoms with Crippen LogP contribution in [0.1, 0.15) is 38.7 Å². The van der Waals surface area contributed by atoms with Crippen LogP contribution in [0.25, 0.3) is 0 Å². The fourth-order valence-electron chi connectivity index (χ4n) is 3.12. The van der Waals surface area contributed by atoms with Crippen molar-refractivity contribution >= 4 is 17.2 Å². The van der Waals surface area contributed by atoms with Gasteiger partial charge in [-0.25, -0.2) is 0 Å². The van der Waals surface area contributed by atoms with E-state index in [1.54, 1.807) is 0 Å². The summed E-state index contributed by atoms with van der Waals surface area (Å²) in [5, 5.41) is 0. The molecule has 0 amide bonds. The van der Waals surface area contributed by atoms with E-state index in [2.05, 4.69) is 13.8 Å². The van der Waals surface area contributed by atoms with Crippen LogP contribution in [0.4, 0.5) is 0 Å². The lowest BCUT2D eigenvalue weighted by atomic mass is 9.82. The van der Waals surface area contributed by atoms with E-state index in [0.717, 1.165) is 23.1 Å². The van der Waals surface area contributed by atoms with Crippen molar-refractivity contribution in [2.45, 2.75) is 39.2 Å². The summed E-state index contributed by atoms with van der Waals surface area (Å²) in [6.45, 7) is 5.80. The number of ether oxygens (including phenoxy) is 2. The van der Waals surface area contributed by atoms with Gasteiger partial charge in [-0.05, 0) is 43.2 Å². The van der Waals surface area contributed by atoms with Crippen LogP contribution in [0.2, 0.25) is 0 Å². The van der Waals surface area contributed by atoms with Gasteiger partial charge in [-0.2, -0.15) is 0 Å². The van der Waals surface area contributed by atoms with Crippen LogP contribution in [0.3, 0.4) is 0 Å². The van der Waals surface area contributed by atoms with Crippen LogP contribution < -0.4 is 10.5 Å². The molecular weight excluding hydrogens is 282 g/mol. The Bertz CT molecular complexity index is 468. The van der Waals surface area contributed by atoms with Gasteiger partial charge in [0.05, 0.1) is 12.7 Å². The van der Waals surface area contributed by atoms with Gasteiger partial charge in [0.1, 0.15) is 17.3 Å². The molecule has 1 aliphatic rings. The van der Waals surface area contributed by atoms with E-state index in [0.29, 0.717) is 24.3 Å². The molecule has 0 aromatic heterocycles. The highest BCUT2D eigenvalue weighted by atomic mass is 32.1. The Morgan fingerprint density at radius 3 is 2.57 bits per heavy atom. The first kappa shape index (κ1) is 16.2. The van der Waals surface area contributed by atoms with Crippen LogP contribution in [0, 0.1) is 11.8 Å². The molecule has 4 heteroatoms. The van der Waals surface area contributed by atoms with Crippen molar-refractivity contribution in [3.63, 3.8) is 0 Å². The first-order valence-electron chi connectivity index (χ1n) is 7.69. The van der Waals surface area contributed by atoms with Crippen LogP contribution in [0.5, 0.6) is 5.75 Å². The topological polar surface area (TPSA) is 44.5 Å². The number of nitrogens with two attached hydrogens (primary N) is 1. The molecule has 1 aliphatic carbocycles. The maximum absolute atomic E-state index is 5.95. The van der Waals surface area contributed by atoms with E-state index in [9.17, 15) is 0 Å². The molecule has 2 N–H and O–H groups in total. The third-order valence-electron chi connectivity index (χ3n) is 3.96. The van der Waals surface area contributed by atoms with Crippen molar-refractivity contribution in [3.8, 4) is 5.75 Å². The number of benzene rings is 1. The average Bonchev–Trinajstić information content (AvgIpc) is 2.43. The lowest BCUT2D eigenvalue weighted by Crippen LogP contribution is -2.27. The Labute approximate surface area is 132 Å². The maximum Gasteiger partial charge on any atom is 0.120 e. The molecule has 1 aromatic carbocycles. The highest BCUT2D eigenvalue weighted by molar-refractivity contribution is 7.80. The number of rotatable bonds is 6. The summed E-state index contributed by atoms with van der Waals surface area (Å²) in [7, 11) is 0. The average molecular weight is 307 g/mol. The van der Waals surface area contributed by atoms with Crippen LogP contribution >= 0.6 is 12.2 Å². The second-order valence-electron chi connectivity index (χ2n) is 6.15. The number of hydrogen-bond donors (Lipinski definition) is 1. The fraction of sp³-hybridized carbons (Fsp3) is 0.588. The Kier molecular flexibility index (Phi) is 6.00.